The highest BCUT2D eigenvalue weighted by Crippen LogP contribution is 2.28. The van der Waals surface area contributed by atoms with Crippen molar-refractivity contribution in [3.8, 4) is 10.6 Å². The Morgan fingerprint density at radius 2 is 1.86 bits per heavy atom. The maximum Gasteiger partial charge on any atom is 0.350 e. The summed E-state index contributed by atoms with van der Waals surface area (Å²) in [5, 5.41) is 0.772. The Kier molecular flexibility index (Phi) is 6.46. The van der Waals surface area contributed by atoms with Crippen molar-refractivity contribution >= 4 is 23.2 Å². The Labute approximate surface area is 169 Å². The molecule has 0 saturated carbocycles. The van der Waals surface area contributed by atoms with Crippen LogP contribution in [0.2, 0.25) is 0 Å². The van der Waals surface area contributed by atoms with Crippen LogP contribution in [0.25, 0.3) is 10.6 Å². The second kappa shape index (κ2) is 8.84. The topological polar surface area (TPSA) is 68.7 Å². The summed E-state index contributed by atoms with van der Waals surface area (Å²) in [6, 6.07) is 8.15. The van der Waals surface area contributed by atoms with E-state index in [0.29, 0.717) is 23.7 Å². The lowest BCUT2D eigenvalue weighted by atomic mass is 10.1. The molecule has 1 aromatic heterocycles. The number of morpholine rings is 1. The summed E-state index contributed by atoms with van der Waals surface area (Å²) in [4.78, 5) is 31.5. The number of carbonyl (C=O) groups excluding carboxylic acids is 2. The number of nitrogens with zero attached hydrogens (tertiary/aromatic N) is 2. The Morgan fingerprint density at radius 3 is 2.46 bits per heavy atom. The smallest absolute Gasteiger partial charge is 0.350 e. The number of ether oxygens (including phenoxy) is 2. The van der Waals surface area contributed by atoms with Crippen LogP contribution in [0.15, 0.2) is 24.3 Å². The average molecular weight is 403 g/mol. The minimum atomic E-state index is -0.505. The van der Waals surface area contributed by atoms with E-state index in [-0.39, 0.29) is 24.7 Å². The van der Waals surface area contributed by atoms with Crippen molar-refractivity contribution < 1.29 is 19.1 Å². The van der Waals surface area contributed by atoms with Gasteiger partial charge in [0.2, 0.25) is 0 Å². The number of hydrogen-bond donors (Lipinski definition) is 0. The highest BCUT2D eigenvalue weighted by Gasteiger charge is 2.27. The lowest BCUT2D eigenvalue weighted by Gasteiger charge is -2.35. The maximum absolute atomic E-state index is 12.5. The molecule has 0 bridgehead atoms. The zero-order chi connectivity index (χ0) is 20.3. The van der Waals surface area contributed by atoms with E-state index in [0.717, 1.165) is 17.0 Å². The Bertz CT molecular complexity index is 837. The van der Waals surface area contributed by atoms with Gasteiger partial charge in [0.1, 0.15) is 9.88 Å². The van der Waals surface area contributed by atoms with Crippen molar-refractivity contribution in [3.05, 3.63) is 40.4 Å². The van der Waals surface area contributed by atoms with Crippen LogP contribution in [-0.2, 0) is 20.7 Å². The van der Waals surface area contributed by atoms with Gasteiger partial charge >= 0.3 is 5.97 Å². The molecule has 0 radical (unpaired) electrons. The number of benzene rings is 1. The molecule has 28 heavy (non-hydrogen) atoms. The van der Waals surface area contributed by atoms with Gasteiger partial charge in [-0.3, -0.25) is 4.79 Å². The molecule has 2 heterocycles. The molecular formula is C21H26N2O4S. The molecular weight excluding hydrogens is 376 g/mol. The second-order valence-electron chi connectivity index (χ2n) is 7.12. The minimum absolute atomic E-state index is 0.0196. The van der Waals surface area contributed by atoms with Crippen LogP contribution in [0.4, 0.5) is 0 Å². The molecule has 150 valence electrons. The van der Waals surface area contributed by atoms with E-state index in [9.17, 15) is 9.59 Å². The molecule has 0 aliphatic carbocycles. The average Bonchev–Trinajstić information content (AvgIpc) is 3.07. The minimum Gasteiger partial charge on any atom is -0.451 e. The monoisotopic (exact) mass is 402 g/mol. The summed E-state index contributed by atoms with van der Waals surface area (Å²) in [6.45, 7) is 8.50. The molecule has 1 amide bonds. The highest BCUT2D eigenvalue weighted by molar-refractivity contribution is 7.17. The van der Waals surface area contributed by atoms with Crippen molar-refractivity contribution in [2.24, 2.45) is 0 Å². The summed E-state index contributed by atoms with van der Waals surface area (Å²) in [6.07, 6.45) is 0.936. The van der Waals surface area contributed by atoms with Crippen molar-refractivity contribution in [2.75, 3.05) is 19.7 Å². The van der Waals surface area contributed by atoms with Crippen molar-refractivity contribution in [3.63, 3.8) is 0 Å². The molecule has 7 heteroatoms. The van der Waals surface area contributed by atoms with Gasteiger partial charge in [-0.25, -0.2) is 9.78 Å². The summed E-state index contributed by atoms with van der Waals surface area (Å²) < 4.78 is 10.9. The van der Waals surface area contributed by atoms with Crippen LogP contribution >= 0.6 is 11.3 Å². The van der Waals surface area contributed by atoms with Gasteiger partial charge in [0.25, 0.3) is 5.91 Å². The van der Waals surface area contributed by atoms with Gasteiger partial charge in [-0.05, 0) is 32.8 Å². The molecule has 1 aromatic carbocycles. The molecule has 0 N–H and O–H groups in total. The molecule has 2 atom stereocenters. The fraction of sp³-hybridized carbons (Fsp3) is 0.476. The third-order valence-corrected chi connectivity index (χ3v) is 5.88. The number of aromatic nitrogens is 1. The van der Waals surface area contributed by atoms with Crippen LogP contribution in [0.5, 0.6) is 0 Å². The molecule has 1 saturated heterocycles. The normalized spacial score (nSPS) is 19.5. The molecule has 0 spiro atoms. The van der Waals surface area contributed by atoms with Crippen molar-refractivity contribution in [1.29, 1.82) is 0 Å². The summed E-state index contributed by atoms with van der Waals surface area (Å²) >= 11 is 1.29. The number of aryl methyl sites for hydroxylation is 2. The van der Waals surface area contributed by atoms with E-state index < -0.39 is 5.97 Å². The molecule has 1 aliphatic heterocycles. The molecule has 2 aromatic rings. The van der Waals surface area contributed by atoms with Crippen LogP contribution < -0.4 is 0 Å². The summed E-state index contributed by atoms with van der Waals surface area (Å²) in [7, 11) is 0. The standard InChI is InChI=1S/C21H26N2O4S/c1-5-16-6-8-17(9-7-16)20-22-15(4)19(28-20)21(25)26-12-18(24)23-10-13(2)27-14(3)11-23/h6-9,13-14H,5,10-12H2,1-4H3/t13-,14-/m1/s1. The molecule has 0 unspecified atom stereocenters. The van der Waals surface area contributed by atoms with E-state index in [1.807, 2.05) is 26.0 Å². The van der Waals surface area contributed by atoms with Crippen molar-refractivity contribution in [2.45, 2.75) is 46.3 Å². The van der Waals surface area contributed by atoms with E-state index >= 15 is 0 Å². The number of rotatable bonds is 5. The largest absolute Gasteiger partial charge is 0.451 e. The zero-order valence-electron chi connectivity index (χ0n) is 16.7. The van der Waals surface area contributed by atoms with Gasteiger partial charge in [0.05, 0.1) is 17.9 Å². The van der Waals surface area contributed by atoms with Crippen LogP contribution in [0.1, 0.15) is 41.7 Å². The van der Waals surface area contributed by atoms with E-state index in [1.165, 1.54) is 16.9 Å². The van der Waals surface area contributed by atoms with Gasteiger partial charge < -0.3 is 14.4 Å². The van der Waals surface area contributed by atoms with Crippen LogP contribution in [0.3, 0.4) is 0 Å². The third-order valence-electron chi connectivity index (χ3n) is 4.69. The Morgan fingerprint density at radius 1 is 1.21 bits per heavy atom. The predicted molar refractivity (Wildman–Crippen MR) is 109 cm³/mol. The van der Waals surface area contributed by atoms with E-state index in [1.54, 1.807) is 11.8 Å². The predicted octanol–water partition coefficient (Wildman–Crippen LogP) is 3.47. The first-order valence-electron chi connectivity index (χ1n) is 9.54. The highest BCUT2D eigenvalue weighted by atomic mass is 32.1. The van der Waals surface area contributed by atoms with Gasteiger partial charge in [-0.2, -0.15) is 0 Å². The van der Waals surface area contributed by atoms with Gasteiger partial charge in [-0.15, -0.1) is 11.3 Å². The maximum atomic E-state index is 12.5. The lowest BCUT2D eigenvalue weighted by Crippen LogP contribution is -2.49. The first kappa shape index (κ1) is 20.5. The first-order chi connectivity index (χ1) is 13.4. The molecule has 1 aliphatic rings. The third kappa shape index (κ3) is 4.77. The Balaban J connectivity index is 1.63. The number of esters is 1. The summed E-state index contributed by atoms with van der Waals surface area (Å²) in [5.41, 5.74) is 2.84. The molecule has 1 fully saturated rings. The molecule has 6 nitrogen and oxygen atoms in total. The van der Waals surface area contributed by atoms with Gasteiger partial charge in [0, 0.05) is 18.7 Å². The number of thiazole rings is 1. The zero-order valence-corrected chi connectivity index (χ0v) is 17.5. The number of hydrogen-bond acceptors (Lipinski definition) is 6. The lowest BCUT2D eigenvalue weighted by molar-refractivity contribution is -0.146. The number of amides is 1. The summed E-state index contributed by atoms with van der Waals surface area (Å²) in [5.74, 6) is -0.706. The van der Waals surface area contributed by atoms with Crippen LogP contribution in [0, 0.1) is 6.92 Å². The second-order valence-corrected chi connectivity index (χ2v) is 8.12. The number of carbonyl (C=O) groups is 2. The van der Waals surface area contributed by atoms with Gasteiger partial charge in [-0.1, -0.05) is 31.2 Å². The van der Waals surface area contributed by atoms with Gasteiger partial charge in [0.15, 0.2) is 6.61 Å². The fourth-order valence-electron chi connectivity index (χ4n) is 3.26. The Hall–Kier alpha value is -2.25. The van der Waals surface area contributed by atoms with Crippen molar-refractivity contribution in [1.82, 2.24) is 9.88 Å². The van der Waals surface area contributed by atoms with Crippen LogP contribution in [-0.4, -0.2) is 53.7 Å². The SMILES string of the molecule is CCc1ccc(-c2nc(C)c(C(=O)OCC(=O)N3C[C@@H](C)O[C@H](C)C3)s2)cc1. The first-order valence-corrected chi connectivity index (χ1v) is 10.4. The fourth-order valence-corrected chi connectivity index (χ4v) is 4.22. The molecule has 3 rings (SSSR count). The van der Waals surface area contributed by atoms with E-state index in [2.05, 4.69) is 24.0 Å². The van der Waals surface area contributed by atoms with E-state index in [4.69, 9.17) is 9.47 Å². The quantitative estimate of drug-likeness (QED) is 0.717.